The second kappa shape index (κ2) is 21.7. The van der Waals surface area contributed by atoms with Gasteiger partial charge in [-0.25, -0.2) is 14.6 Å². The van der Waals surface area contributed by atoms with E-state index in [0.717, 1.165) is 29.5 Å². The second-order valence-corrected chi connectivity index (χ2v) is 18.4. The van der Waals surface area contributed by atoms with Crippen LogP contribution < -0.4 is 15.0 Å². The van der Waals surface area contributed by atoms with Crippen LogP contribution in [0, 0.1) is 17.2 Å². The minimum atomic E-state index is -2.50. The quantitative estimate of drug-likeness (QED) is 0.0411. The topological polar surface area (TPSA) is 157 Å². The zero-order valence-corrected chi connectivity index (χ0v) is 39.2. The number of allylic oxidation sites excluding steroid dienone is 4. The number of aromatic nitrogens is 4. The first-order valence-corrected chi connectivity index (χ1v) is 23.1. The molecule has 13 nitrogen and oxygen atoms in total. The van der Waals surface area contributed by atoms with Gasteiger partial charge in [0.1, 0.15) is 29.7 Å². The van der Waals surface area contributed by atoms with Gasteiger partial charge in [-0.2, -0.15) is 5.26 Å². The van der Waals surface area contributed by atoms with Crippen molar-refractivity contribution in [2.75, 3.05) is 20.8 Å². The van der Waals surface area contributed by atoms with Gasteiger partial charge < -0.3 is 28.7 Å². The average molecular weight is 891 g/mol. The van der Waals surface area contributed by atoms with E-state index in [2.05, 4.69) is 44.0 Å². The molecule has 4 atom stereocenters. The van der Waals surface area contributed by atoms with E-state index in [-0.39, 0.29) is 36.1 Å². The van der Waals surface area contributed by atoms with Crippen LogP contribution in [0.1, 0.15) is 103 Å². The Kier molecular flexibility index (Phi) is 16.3. The highest BCUT2D eigenvalue weighted by Gasteiger charge is 2.47. The summed E-state index contributed by atoms with van der Waals surface area (Å²) in [5, 5.41) is 9.79. The van der Waals surface area contributed by atoms with Crippen LogP contribution in [0.5, 0.6) is 11.5 Å². The van der Waals surface area contributed by atoms with Crippen LogP contribution in [0.15, 0.2) is 120 Å². The van der Waals surface area contributed by atoms with Crippen LogP contribution in [0.3, 0.4) is 0 Å². The first-order valence-electron chi connectivity index (χ1n) is 21.9. The summed E-state index contributed by atoms with van der Waals surface area (Å²) in [4.78, 5) is 44.9. The lowest BCUT2D eigenvalue weighted by Crippen LogP contribution is -2.49. The molecule has 0 aliphatic carbocycles. The van der Waals surface area contributed by atoms with Crippen molar-refractivity contribution in [1.82, 2.24) is 23.8 Å². The number of imidazole rings is 1. The monoisotopic (exact) mass is 890 g/mol. The van der Waals surface area contributed by atoms with Crippen molar-refractivity contribution in [2.24, 2.45) is 5.92 Å². The number of methoxy groups -OCH3 is 2. The summed E-state index contributed by atoms with van der Waals surface area (Å²) in [6.07, 6.45) is 9.73. The van der Waals surface area contributed by atoms with Gasteiger partial charge in [-0.05, 0) is 121 Å². The zero-order chi connectivity index (χ0) is 46.0. The summed E-state index contributed by atoms with van der Waals surface area (Å²) in [7, 11) is 0.775. The smallest absolute Gasteiger partial charge is 0.281 e. The van der Waals surface area contributed by atoms with E-state index in [0.29, 0.717) is 43.0 Å². The third-order valence-electron chi connectivity index (χ3n) is 12.3. The average Bonchev–Trinajstić information content (AvgIpc) is 3.90. The van der Waals surface area contributed by atoms with E-state index in [9.17, 15) is 19.8 Å². The number of hydrogen-bond donors (Lipinski definition) is 2. The molecular weight excluding hydrogens is 828 g/mol. The van der Waals surface area contributed by atoms with Crippen LogP contribution in [-0.4, -0.2) is 72.1 Å². The van der Waals surface area contributed by atoms with Crippen molar-refractivity contribution in [1.29, 1.82) is 5.26 Å². The molecule has 6 rings (SSSR count). The lowest BCUT2D eigenvalue weighted by molar-refractivity contribution is -0.0863. The highest BCUT2D eigenvalue weighted by atomic mass is 31.2. The van der Waals surface area contributed by atoms with Gasteiger partial charge in [0.05, 0.1) is 39.3 Å². The summed E-state index contributed by atoms with van der Waals surface area (Å²) in [6.45, 7) is 12.6. The van der Waals surface area contributed by atoms with Crippen LogP contribution in [0.25, 0.3) is 11.2 Å². The molecule has 0 radical (unpaired) electrons. The minimum Gasteiger partial charge on any atom is -0.497 e. The maximum atomic E-state index is 13.8. The maximum Gasteiger partial charge on any atom is 0.281 e. The van der Waals surface area contributed by atoms with E-state index in [1.807, 2.05) is 104 Å². The predicted molar refractivity (Wildman–Crippen MR) is 251 cm³/mol. The molecule has 1 fully saturated rings. The third kappa shape index (κ3) is 10.8. The van der Waals surface area contributed by atoms with E-state index in [1.165, 1.54) is 11.1 Å². The Hall–Kier alpha value is -5.19. The van der Waals surface area contributed by atoms with Gasteiger partial charge in [0.25, 0.3) is 14.1 Å². The fourth-order valence-corrected chi connectivity index (χ4v) is 10.1. The first-order chi connectivity index (χ1) is 30.7. The van der Waals surface area contributed by atoms with Gasteiger partial charge in [-0.15, -0.1) is 0 Å². The third-order valence-corrected chi connectivity index (χ3v) is 13.6. The molecule has 14 heteroatoms. The van der Waals surface area contributed by atoms with Crippen molar-refractivity contribution in [2.45, 2.75) is 116 Å². The molecule has 2 aromatic heterocycles. The van der Waals surface area contributed by atoms with Crippen LogP contribution >= 0.6 is 8.53 Å². The summed E-state index contributed by atoms with van der Waals surface area (Å²) in [6, 6.07) is 27.8. The number of hydrogen-bond acceptors (Lipinski definition) is 11. The second-order valence-electron chi connectivity index (χ2n) is 17.4. The van der Waals surface area contributed by atoms with Gasteiger partial charge in [-0.3, -0.25) is 13.9 Å². The molecule has 3 heterocycles. The number of fused-ring (bicyclic) bond motifs is 1. The number of benzene rings is 3. The van der Waals surface area contributed by atoms with E-state index < -0.39 is 32.0 Å². The van der Waals surface area contributed by atoms with Crippen molar-refractivity contribution < 1.29 is 28.7 Å². The van der Waals surface area contributed by atoms with Gasteiger partial charge in [-0.1, -0.05) is 77.9 Å². The minimum absolute atomic E-state index is 0.114. The van der Waals surface area contributed by atoms with Gasteiger partial charge in [0.2, 0.25) is 0 Å². The Balaban J connectivity index is 1.41. The van der Waals surface area contributed by atoms with Crippen molar-refractivity contribution in [3.8, 4) is 17.6 Å². The lowest BCUT2D eigenvalue weighted by Gasteiger charge is -2.45. The summed E-state index contributed by atoms with van der Waals surface area (Å²) in [5.41, 5.74) is 3.59. The van der Waals surface area contributed by atoms with E-state index >= 15 is 0 Å². The highest BCUT2D eigenvalue weighted by Crippen LogP contribution is 2.49. The summed E-state index contributed by atoms with van der Waals surface area (Å²) < 4.78 is 30.7. The molecular formula is C50H63N6O7P. The molecule has 0 saturated carbocycles. The van der Waals surface area contributed by atoms with Gasteiger partial charge in [0.15, 0.2) is 11.2 Å². The van der Waals surface area contributed by atoms with Crippen LogP contribution in [0.2, 0.25) is 0 Å². The molecule has 1 aliphatic heterocycles. The fraction of sp³-hybridized carbons (Fsp3) is 0.440. The number of ether oxygens (including phenoxy) is 4. The number of nitriles is 1. The molecule has 2 N–H and O–H groups in total. The molecule has 3 aromatic carbocycles. The van der Waals surface area contributed by atoms with Gasteiger partial charge in [0, 0.05) is 24.5 Å². The predicted octanol–water partition coefficient (Wildman–Crippen LogP) is 9.59. The Labute approximate surface area is 378 Å². The van der Waals surface area contributed by atoms with E-state index in [4.69, 9.17) is 23.9 Å². The normalized spacial score (nSPS) is 17.8. The molecule has 0 spiro atoms. The molecule has 0 bridgehead atoms. The van der Waals surface area contributed by atoms with Crippen molar-refractivity contribution >= 4 is 19.7 Å². The molecule has 1 unspecified atom stereocenters. The Bertz CT molecular complexity index is 2400. The molecule has 5 aromatic rings. The van der Waals surface area contributed by atoms with E-state index in [1.54, 1.807) is 36.1 Å². The molecule has 340 valence electrons. The van der Waals surface area contributed by atoms with Crippen LogP contribution in [-0.2, 0) is 21.6 Å². The Morgan fingerprint density at radius 3 is 2.14 bits per heavy atom. The molecule has 1 aliphatic rings. The maximum absolute atomic E-state index is 13.8. The zero-order valence-electron chi connectivity index (χ0n) is 38.3. The lowest BCUT2D eigenvalue weighted by atomic mass is 9.79. The van der Waals surface area contributed by atoms with Crippen LogP contribution in [0.4, 0.5) is 0 Å². The first kappa shape index (κ1) is 48.3. The summed E-state index contributed by atoms with van der Waals surface area (Å²) >= 11 is 0. The fourth-order valence-electron chi connectivity index (χ4n) is 9.11. The Morgan fingerprint density at radius 1 is 0.953 bits per heavy atom. The van der Waals surface area contributed by atoms with Gasteiger partial charge >= 0.3 is 0 Å². The van der Waals surface area contributed by atoms with Crippen molar-refractivity contribution in [3.05, 3.63) is 142 Å². The van der Waals surface area contributed by atoms with Crippen molar-refractivity contribution in [3.63, 3.8) is 0 Å². The number of rotatable bonds is 21. The molecule has 64 heavy (non-hydrogen) atoms. The summed E-state index contributed by atoms with van der Waals surface area (Å²) in [5.74, 6) is 1.19. The molecule has 0 amide bonds. The molecule has 1 saturated heterocycles. The number of nitrogens with zero attached hydrogens (tertiary/aromatic N) is 6. The standard InChI is InChI=1S/C50H63N6O7P/c1-35(2)14-12-15-37(5)26-29-54-33-53-47-46(48(54)57)52-34-55(47)45-30-38(31-49(6,27-13-28-51)56(36(3)4)64(58)59)44(63-45)32-62-50(39-16-10-9-11-17-39,40-18-22-42(60-7)23-19-40)41-20-24-43(61-8)25-21-41/h9-11,14,16-26,33-34,36,38,44-45,58-59H,12-13,15,27,29-32H2,1-8H3/b37-26+/t38-,44+,45-,49?/m1/s1. The SMILES string of the molecule is COc1ccc(C(OC[C@@H]2O[C@@H](n3cnc4c(=O)n(C/C=C(\C)CCC=C(C)C)cnc43)C[C@@H]2CC(C)(CCC#N)N(C(C)C)P(O)O)(c2ccccc2)c2ccc(OC)cc2)cc1. The Morgan fingerprint density at radius 2 is 1.58 bits per heavy atom. The highest BCUT2D eigenvalue weighted by molar-refractivity contribution is 7.42. The largest absolute Gasteiger partial charge is 0.497 e.